The number of halogens is 2. The minimum atomic E-state index is 1.25. The predicted molar refractivity (Wildman–Crippen MR) is 31.1 cm³/mol. The Labute approximate surface area is 52.2 Å². The normalized spacial score (nSPS) is 11.1. The molecule has 0 aliphatic rings. The van der Waals surface area contributed by atoms with E-state index in [9.17, 15) is 0 Å². The molecule has 0 radical (unpaired) electrons. The average Bonchev–Trinajstić information content (AvgIpc) is 1.69. The van der Waals surface area contributed by atoms with Crippen molar-refractivity contribution in [1.29, 1.82) is 0 Å². The van der Waals surface area contributed by atoms with Gasteiger partial charge in [-0.3, -0.25) is 0 Å². The summed E-state index contributed by atoms with van der Waals surface area (Å²) in [6.45, 7) is 0. The lowest BCUT2D eigenvalue weighted by atomic mass is 11.1. The maximum Gasteiger partial charge on any atom is 0.101 e. The highest BCUT2D eigenvalue weighted by atomic mass is 35.5. The lowest BCUT2D eigenvalue weighted by molar-refractivity contribution is 0.405. The fourth-order valence-electron chi connectivity index (χ4n) is 0.105. The molecule has 0 aromatic rings. The van der Waals surface area contributed by atoms with Gasteiger partial charge in [0.05, 0.1) is 0 Å². The Kier molecular flexibility index (Phi) is 5.74. The molecule has 0 aromatic heterocycles. The van der Waals surface area contributed by atoms with Crippen LogP contribution in [0, 0.1) is 0 Å². The van der Waals surface area contributed by atoms with Crippen molar-refractivity contribution in [3.05, 3.63) is 23.6 Å². The van der Waals surface area contributed by atoms with E-state index in [4.69, 9.17) is 23.2 Å². The lowest BCUT2D eigenvalue weighted by Crippen LogP contribution is -1.57. The molecule has 40 valence electrons. The Morgan fingerprint density at radius 3 is 1.71 bits per heavy atom. The second kappa shape index (κ2) is 5.86. The molecule has 0 bridgehead atoms. The predicted octanol–water partition coefficient (Wildman–Crippen LogP) is 2.42. The molecule has 0 fully saturated rings. The molecular weight excluding hydrogens is 135 g/mol. The van der Waals surface area contributed by atoms with Crippen molar-refractivity contribution in [2.45, 2.75) is 0 Å². The summed E-state index contributed by atoms with van der Waals surface area (Å²) in [5, 5.41) is 0. The third-order valence-electron chi connectivity index (χ3n) is 0.260. The standard InChI is InChI=1S/C4H4Cl2O/c5-1-3-7-4-2-6/h1-4H. The van der Waals surface area contributed by atoms with Gasteiger partial charge in [0.2, 0.25) is 0 Å². The first-order valence-electron chi connectivity index (χ1n) is 1.57. The summed E-state index contributed by atoms with van der Waals surface area (Å²) in [5.74, 6) is 0. The maximum absolute atomic E-state index is 5.05. The first-order chi connectivity index (χ1) is 3.41. The van der Waals surface area contributed by atoms with Crippen LogP contribution in [0.4, 0.5) is 0 Å². The van der Waals surface area contributed by atoms with E-state index in [1.807, 2.05) is 0 Å². The van der Waals surface area contributed by atoms with Crippen molar-refractivity contribution >= 4 is 23.2 Å². The molecule has 0 N–H and O–H groups in total. The van der Waals surface area contributed by atoms with E-state index in [1.54, 1.807) is 0 Å². The van der Waals surface area contributed by atoms with E-state index in [0.29, 0.717) is 0 Å². The van der Waals surface area contributed by atoms with Crippen LogP contribution in [-0.2, 0) is 4.74 Å². The molecule has 1 nitrogen and oxygen atoms in total. The van der Waals surface area contributed by atoms with Crippen LogP contribution in [0.25, 0.3) is 0 Å². The smallest absolute Gasteiger partial charge is 0.101 e. The van der Waals surface area contributed by atoms with Crippen LogP contribution >= 0.6 is 23.2 Å². The van der Waals surface area contributed by atoms with Crippen molar-refractivity contribution in [3.63, 3.8) is 0 Å². The van der Waals surface area contributed by atoms with E-state index in [0.717, 1.165) is 0 Å². The van der Waals surface area contributed by atoms with Crippen LogP contribution in [-0.4, -0.2) is 0 Å². The quantitative estimate of drug-likeness (QED) is 0.533. The van der Waals surface area contributed by atoms with E-state index in [1.165, 1.54) is 23.6 Å². The Morgan fingerprint density at radius 1 is 1.00 bits per heavy atom. The molecule has 0 rings (SSSR count). The molecule has 3 heteroatoms. The zero-order valence-corrected chi connectivity index (χ0v) is 4.99. The fraction of sp³-hybridized carbons (Fsp3) is 0. The van der Waals surface area contributed by atoms with E-state index >= 15 is 0 Å². The van der Waals surface area contributed by atoms with Crippen LogP contribution in [0.5, 0.6) is 0 Å². The van der Waals surface area contributed by atoms with Gasteiger partial charge in [-0.15, -0.1) is 0 Å². The summed E-state index contributed by atoms with van der Waals surface area (Å²) in [5.41, 5.74) is 2.49. The summed E-state index contributed by atoms with van der Waals surface area (Å²) in [7, 11) is 0. The van der Waals surface area contributed by atoms with Gasteiger partial charge in [-0.2, -0.15) is 0 Å². The molecule has 0 aliphatic heterocycles. The number of hydrogen-bond donors (Lipinski definition) is 0. The van der Waals surface area contributed by atoms with Crippen molar-refractivity contribution in [1.82, 2.24) is 0 Å². The molecule has 0 amide bonds. The third-order valence-corrected chi connectivity index (χ3v) is 0.466. The minimum Gasteiger partial charge on any atom is -0.471 e. The highest BCUT2D eigenvalue weighted by Gasteiger charge is 1.60. The summed E-state index contributed by atoms with van der Waals surface area (Å²) in [4.78, 5) is 0. The van der Waals surface area contributed by atoms with Crippen LogP contribution in [0.15, 0.2) is 23.6 Å². The zero-order chi connectivity index (χ0) is 5.54. The van der Waals surface area contributed by atoms with Gasteiger partial charge in [0.1, 0.15) is 12.5 Å². The van der Waals surface area contributed by atoms with Crippen molar-refractivity contribution in [2.75, 3.05) is 0 Å². The summed E-state index contributed by atoms with van der Waals surface area (Å²) in [6.07, 6.45) is 2.61. The summed E-state index contributed by atoms with van der Waals surface area (Å²) >= 11 is 10.1. The highest BCUT2D eigenvalue weighted by molar-refractivity contribution is 6.25. The monoisotopic (exact) mass is 138 g/mol. The molecule has 0 atom stereocenters. The molecule has 7 heavy (non-hydrogen) atoms. The molecule has 0 unspecified atom stereocenters. The van der Waals surface area contributed by atoms with Crippen LogP contribution in [0.2, 0.25) is 0 Å². The molecule has 0 aromatic carbocycles. The lowest BCUT2D eigenvalue weighted by Gasteiger charge is -1.80. The maximum atomic E-state index is 5.05. The second-order valence-electron chi connectivity index (χ2n) is 0.660. The van der Waals surface area contributed by atoms with Gasteiger partial charge in [-0.05, 0) is 0 Å². The number of ether oxygens (including phenoxy) is 1. The summed E-state index contributed by atoms with van der Waals surface area (Å²) < 4.78 is 4.51. The van der Waals surface area contributed by atoms with Gasteiger partial charge in [0.15, 0.2) is 0 Å². The highest BCUT2D eigenvalue weighted by Crippen LogP contribution is 1.84. The number of rotatable bonds is 2. The zero-order valence-electron chi connectivity index (χ0n) is 3.47. The van der Waals surface area contributed by atoms with Crippen molar-refractivity contribution in [2.24, 2.45) is 0 Å². The first kappa shape index (κ1) is 6.86. The van der Waals surface area contributed by atoms with Crippen LogP contribution in [0.3, 0.4) is 0 Å². The van der Waals surface area contributed by atoms with Gasteiger partial charge in [0.25, 0.3) is 0 Å². The minimum absolute atomic E-state index is 1.25. The van der Waals surface area contributed by atoms with Gasteiger partial charge in [-0.25, -0.2) is 0 Å². The molecule has 0 aliphatic carbocycles. The van der Waals surface area contributed by atoms with Gasteiger partial charge in [0, 0.05) is 11.1 Å². The third kappa shape index (κ3) is 5.86. The molecule has 0 saturated carbocycles. The van der Waals surface area contributed by atoms with Gasteiger partial charge >= 0.3 is 0 Å². The largest absolute Gasteiger partial charge is 0.471 e. The SMILES string of the molecule is ClC=COC=CCl. The summed E-state index contributed by atoms with van der Waals surface area (Å²) in [6, 6.07) is 0. The van der Waals surface area contributed by atoms with Crippen LogP contribution in [0.1, 0.15) is 0 Å². The Hall–Kier alpha value is -0.140. The van der Waals surface area contributed by atoms with E-state index < -0.39 is 0 Å². The Bertz CT molecular complexity index is 67.8. The number of hydrogen-bond acceptors (Lipinski definition) is 1. The Balaban J connectivity index is 2.98. The van der Waals surface area contributed by atoms with E-state index in [2.05, 4.69) is 4.74 Å². The van der Waals surface area contributed by atoms with Gasteiger partial charge < -0.3 is 4.74 Å². The topological polar surface area (TPSA) is 9.23 Å². The fourth-order valence-corrected chi connectivity index (χ4v) is 0.224. The molecular formula is C4H4Cl2O. The van der Waals surface area contributed by atoms with Crippen LogP contribution < -0.4 is 0 Å². The average molecular weight is 139 g/mol. The van der Waals surface area contributed by atoms with Crippen molar-refractivity contribution < 1.29 is 4.74 Å². The molecule has 0 spiro atoms. The first-order valence-corrected chi connectivity index (χ1v) is 2.45. The molecule has 0 saturated heterocycles. The second-order valence-corrected chi connectivity index (χ2v) is 1.16. The van der Waals surface area contributed by atoms with Crippen molar-refractivity contribution in [3.8, 4) is 0 Å². The Morgan fingerprint density at radius 2 is 1.43 bits per heavy atom. The van der Waals surface area contributed by atoms with E-state index in [-0.39, 0.29) is 0 Å². The van der Waals surface area contributed by atoms with Gasteiger partial charge in [-0.1, -0.05) is 23.2 Å². The molecule has 0 heterocycles.